The average Bonchev–Trinajstić information content (AvgIpc) is 3.22. The Balaban J connectivity index is 1.58. The second-order valence-corrected chi connectivity index (χ2v) is 8.41. The molecule has 0 atom stereocenters. The van der Waals surface area contributed by atoms with Crippen LogP contribution in [0.5, 0.6) is 0 Å². The molecule has 0 aliphatic carbocycles. The Morgan fingerprint density at radius 2 is 1.12 bits per heavy atom. The highest BCUT2D eigenvalue weighted by molar-refractivity contribution is 9.10. The van der Waals surface area contributed by atoms with Crippen molar-refractivity contribution >= 4 is 37.9 Å². The SMILES string of the molecule is Brc1cccc(-c2nc(-c3ccccc3)nc(-c3ccc4oc5ccccc5c4c3)n2)c1. The average molecular weight is 478 g/mol. The highest BCUT2D eigenvalue weighted by Gasteiger charge is 2.14. The van der Waals surface area contributed by atoms with Gasteiger partial charge in [0, 0.05) is 31.9 Å². The zero-order valence-electron chi connectivity index (χ0n) is 16.9. The molecule has 0 bridgehead atoms. The summed E-state index contributed by atoms with van der Waals surface area (Å²) in [5.41, 5.74) is 4.51. The summed E-state index contributed by atoms with van der Waals surface area (Å²) in [4.78, 5) is 14.4. The minimum atomic E-state index is 0.626. The fourth-order valence-electron chi connectivity index (χ4n) is 3.84. The van der Waals surface area contributed by atoms with Crippen LogP contribution in [0.3, 0.4) is 0 Å². The summed E-state index contributed by atoms with van der Waals surface area (Å²) in [7, 11) is 0. The zero-order valence-corrected chi connectivity index (χ0v) is 18.5. The topological polar surface area (TPSA) is 51.8 Å². The van der Waals surface area contributed by atoms with Crippen molar-refractivity contribution < 1.29 is 4.42 Å². The van der Waals surface area contributed by atoms with Crippen LogP contribution in [0.25, 0.3) is 56.1 Å². The van der Waals surface area contributed by atoms with Gasteiger partial charge in [0.15, 0.2) is 17.5 Å². The number of furan rings is 1. The van der Waals surface area contributed by atoms with Gasteiger partial charge in [-0.15, -0.1) is 0 Å². The van der Waals surface area contributed by atoms with E-state index in [1.807, 2.05) is 84.9 Å². The molecule has 0 aliphatic rings. The smallest absolute Gasteiger partial charge is 0.164 e. The summed E-state index contributed by atoms with van der Waals surface area (Å²) in [5, 5.41) is 2.12. The van der Waals surface area contributed by atoms with Crippen LogP contribution in [0.4, 0.5) is 0 Å². The molecule has 32 heavy (non-hydrogen) atoms. The molecule has 4 aromatic carbocycles. The van der Waals surface area contributed by atoms with E-state index >= 15 is 0 Å². The summed E-state index contributed by atoms with van der Waals surface area (Å²) in [5.74, 6) is 1.90. The lowest BCUT2D eigenvalue weighted by Crippen LogP contribution is -2.00. The van der Waals surface area contributed by atoms with Gasteiger partial charge in [-0.2, -0.15) is 0 Å². The lowest BCUT2D eigenvalue weighted by molar-refractivity contribution is 0.669. The largest absolute Gasteiger partial charge is 0.456 e. The standard InChI is InChI=1S/C27H16BrN3O/c28-20-10-6-9-18(15-20)26-29-25(17-7-2-1-3-8-17)30-27(31-26)19-13-14-24-22(16-19)21-11-4-5-12-23(21)32-24/h1-16H. The normalized spacial score (nSPS) is 11.3. The number of nitrogens with zero attached hydrogens (tertiary/aromatic N) is 3. The summed E-state index contributed by atoms with van der Waals surface area (Å²) >= 11 is 3.55. The first-order chi connectivity index (χ1) is 15.7. The molecule has 0 saturated heterocycles. The summed E-state index contributed by atoms with van der Waals surface area (Å²) in [6.45, 7) is 0. The summed E-state index contributed by atoms with van der Waals surface area (Å²) < 4.78 is 6.96. The van der Waals surface area contributed by atoms with E-state index in [1.165, 1.54) is 0 Å². The molecule has 0 fully saturated rings. The molecule has 0 N–H and O–H groups in total. The molecule has 152 valence electrons. The second-order valence-electron chi connectivity index (χ2n) is 7.49. The van der Waals surface area contributed by atoms with Crippen LogP contribution < -0.4 is 0 Å². The lowest BCUT2D eigenvalue weighted by Gasteiger charge is -2.08. The van der Waals surface area contributed by atoms with Crippen molar-refractivity contribution in [1.82, 2.24) is 15.0 Å². The van der Waals surface area contributed by atoms with Gasteiger partial charge in [0.2, 0.25) is 0 Å². The van der Waals surface area contributed by atoms with Crippen LogP contribution in [0.2, 0.25) is 0 Å². The van der Waals surface area contributed by atoms with E-state index in [4.69, 9.17) is 19.4 Å². The Bertz CT molecular complexity index is 1590. The maximum Gasteiger partial charge on any atom is 0.164 e. The zero-order chi connectivity index (χ0) is 21.5. The van der Waals surface area contributed by atoms with E-state index in [0.29, 0.717) is 17.5 Å². The maximum absolute atomic E-state index is 5.98. The molecule has 0 spiro atoms. The van der Waals surface area contributed by atoms with Crippen LogP contribution >= 0.6 is 15.9 Å². The fraction of sp³-hybridized carbons (Fsp3) is 0. The van der Waals surface area contributed by atoms with Crippen molar-refractivity contribution in [1.29, 1.82) is 0 Å². The minimum Gasteiger partial charge on any atom is -0.456 e. The van der Waals surface area contributed by atoms with Gasteiger partial charge in [-0.1, -0.05) is 76.6 Å². The molecular formula is C27H16BrN3O. The van der Waals surface area contributed by atoms with Gasteiger partial charge in [0.1, 0.15) is 11.2 Å². The van der Waals surface area contributed by atoms with Crippen molar-refractivity contribution in [2.75, 3.05) is 0 Å². The Labute approximate surface area is 192 Å². The first kappa shape index (κ1) is 18.9. The van der Waals surface area contributed by atoms with Crippen molar-refractivity contribution in [3.8, 4) is 34.2 Å². The van der Waals surface area contributed by atoms with E-state index in [1.54, 1.807) is 0 Å². The number of fused-ring (bicyclic) bond motifs is 3. The predicted octanol–water partition coefficient (Wildman–Crippen LogP) is 7.53. The summed E-state index contributed by atoms with van der Waals surface area (Å²) in [6.07, 6.45) is 0. The number of hydrogen-bond acceptors (Lipinski definition) is 4. The van der Waals surface area contributed by atoms with Gasteiger partial charge >= 0.3 is 0 Å². The van der Waals surface area contributed by atoms with E-state index in [0.717, 1.165) is 43.1 Å². The molecule has 2 heterocycles. The van der Waals surface area contributed by atoms with E-state index < -0.39 is 0 Å². The third-order valence-corrected chi connectivity index (χ3v) is 5.88. The third kappa shape index (κ3) is 3.37. The van der Waals surface area contributed by atoms with E-state index in [-0.39, 0.29) is 0 Å². The number of hydrogen-bond donors (Lipinski definition) is 0. The molecule has 2 aromatic heterocycles. The van der Waals surface area contributed by atoms with E-state index in [9.17, 15) is 0 Å². The van der Waals surface area contributed by atoms with Gasteiger partial charge in [-0.05, 0) is 36.4 Å². The van der Waals surface area contributed by atoms with Crippen LogP contribution in [0.1, 0.15) is 0 Å². The van der Waals surface area contributed by atoms with Crippen LogP contribution in [-0.2, 0) is 0 Å². The first-order valence-electron chi connectivity index (χ1n) is 10.2. The number of halogens is 1. The number of aromatic nitrogens is 3. The molecule has 6 rings (SSSR count). The number of benzene rings is 4. The second kappa shape index (κ2) is 7.70. The molecule has 0 radical (unpaired) electrons. The van der Waals surface area contributed by atoms with Gasteiger partial charge in [-0.3, -0.25) is 0 Å². The predicted molar refractivity (Wildman–Crippen MR) is 131 cm³/mol. The molecule has 0 saturated carbocycles. The molecule has 4 nitrogen and oxygen atoms in total. The van der Waals surface area contributed by atoms with Crippen LogP contribution in [0.15, 0.2) is 106 Å². The molecular weight excluding hydrogens is 462 g/mol. The molecule has 6 aromatic rings. The number of para-hydroxylation sites is 1. The fourth-order valence-corrected chi connectivity index (χ4v) is 4.24. The quantitative estimate of drug-likeness (QED) is 0.264. The molecule has 0 unspecified atom stereocenters. The van der Waals surface area contributed by atoms with Gasteiger partial charge < -0.3 is 4.42 Å². The Hall–Kier alpha value is -3.83. The van der Waals surface area contributed by atoms with Gasteiger partial charge in [-0.25, -0.2) is 15.0 Å². The highest BCUT2D eigenvalue weighted by atomic mass is 79.9. The van der Waals surface area contributed by atoms with Crippen molar-refractivity contribution in [2.24, 2.45) is 0 Å². The minimum absolute atomic E-state index is 0.626. The maximum atomic E-state index is 5.98. The molecule has 5 heteroatoms. The van der Waals surface area contributed by atoms with Crippen LogP contribution in [0, 0.1) is 0 Å². The number of rotatable bonds is 3. The Morgan fingerprint density at radius 1 is 0.500 bits per heavy atom. The molecule has 0 amide bonds. The Kier molecular flexibility index (Phi) is 4.55. The highest BCUT2D eigenvalue weighted by Crippen LogP contribution is 2.32. The first-order valence-corrected chi connectivity index (χ1v) is 11.0. The monoisotopic (exact) mass is 477 g/mol. The van der Waals surface area contributed by atoms with Gasteiger partial charge in [0.25, 0.3) is 0 Å². The van der Waals surface area contributed by atoms with Crippen molar-refractivity contribution in [3.05, 3.63) is 102 Å². The van der Waals surface area contributed by atoms with E-state index in [2.05, 4.69) is 28.1 Å². The van der Waals surface area contributed by atoms with Crippen LogP contribution in [-0.4, -0.2) is 15.0 Å². The van der Waals surface area contributed by atoms with Crippen molar-refractivity contribution in [3.63, 3.8) is 0 Å². The molecule has 0 aliphatic heterocycles. The van der Waals surface area contributed by atoms with Gasteiger partial charge in [0.05, 0.1) is 0 Å². The third-order valence-electron chi connectivity index (χ3n) is 5.39. The van der Waals surface area contributed by atoms with Crippen molar-refractivity contribution in [2.45, 2.75) is 0 Å². The Morgan fingerprint density at radius 3 is 1.91 bits per heavy atom. The summed E-state index contributed by atoms with van der Waals surface area (Å²) in [6, 6.07) is 32.1. The lowest BCUT2D eigenvalue weighted by atomic mass is 10.1.